The van der Waals surface area contributed by atoms with Crippen molar-refractivity contribution in [2.45, 2.75) is 13.8 Å². The summed E-state index contributed by atoms with van der Waals surface area (Å²) in [5, 5.41) is 0. The van der Waals surface area contributed by atoms with Gasteiger partial charge >= 0.3 is 0 Å². The topological polar surface area (TPSA) is 38.7 Å². The van der Waals surface area contributed by atoms with Crippen LogP contribution in [0.1, 0.15) is 18.6 Å². The minimum absolute atomic E-state index is 0. The standard InChI is InChI=1S/C46H31N3.CH4/c1-4-13-32(14-5-1)38-21-11-23-40-41-24-12-22-39(43(41)30-42(38)40)33-27-25-31(26-28-33)36-19-10-20-37(29-36)46-48-44(34-15-6-2-7-16-34)47-45(49-46)35-17-8-3-9-18-35;/h1-29H,30H2;1H4. The second kappa shape index (κ2) is 13.2. The fourth-order valence-electron chi connectivity index (χ4n) is 7.01. The van der Waals surface area contributed by atoms with Crippen molar-refractivity contribution in [3.05, 3.63) is 187 Å². The summed E-state index contributed by atoms with van der Waals surface area (Å²) in [5.74, 6) is 1.97. The molecule has 1 aliphatic rings. The molecule has 0 radical (unpaired) electrons. The zero-order valence-corrected chi connectivity index (χ0v) is 26.8. The van der Waals surface area contributed by atoms with Gasteiger partial charge in [-0.3, -0.25) is 0 Å². The van der Waals surface area contributed by atoms with E-state index in [0.29, 0.717) is 17.5 Å². The highest BCUT2D eigenvalue weighted by Gasteiger charge is 2.24. The van der Waals surface area contributed by atoms with Crippen LogP contribution in [0, 0.1) is 0 Å². The van der Waals surface area contributed by atoms with E-state index in [1.807, 2.05) is 60.7 Å². The smallest absolute Gasteiger partial charge is 0.164 e. The molecule has 7 aromatic carbocycles. The second-order valence-corrected chi connectivity index (χ2v) is 12.4. The van der Waals surface area contributed by atoms with Gasteiger partial charge in [0.1, 0.15) is 0 Å². The highest BCUT2D eigenvalue weighted by molar-refractivity contribution is 5.89. The molecule has 3 nitrogen and oxygen atoms in total. The van der Waals surface area contributed by atoms with Gasteiger partial charge in [0, 0.05) is 16.7 Å². The van der Waals surface area contributed by atoms with E-state index in [4.69, 9.17) is 15.0 Å². The van der Waals surface area contributed by atoms with Crippen LogP contribution in [0.3, 0.4) is 0 Å². The lowest BCUT2D eigenvalue weighted by molar-refractivity contribution is 1.07. The van der Waals surface area contributed by atoms with Crippen LogP contribution in [-0.2, 0) is 6.42 Å². The van der Waals surface area contributed by atoms with Crippen molar-refractivity contribution in [1.29, 1.82) is 0 Å². The van der Waals surface area contributed by atoms with Crippen molar-refractivity contribution in [3.63, 3.8) is 0 Å². The van der Waals surface area contributed by atoms with Crippen molar-refractivity contribution in [2.24, 2.45) is 0 Å². The first-order valence-corrected chi connectivity index (χ1v) is 16.7. The average Bonchev–Trinajstić information content (AvgIpc) is 3.58. The number of fused-ring (bicyclic) bond motifs is 3. The lowest BCUT2D eigenvalue weighted by Crippen LogP contribution is -2.00. The Bertz CT molecular complexity index is 2380. The van der Waals surface area contributed by atoms with Gasteiger partial charge in [0.25, 0.3) is 0 Å². The van der Waals surface area contributed by atoms with Gasteiger partial charge in [0.2, 0.25) is 0 Å². The monoisotopic (exact) mass is 641 g/mol. The summed E-state index contributed by atoms with van der Waals surface area (Å²) in [7, 11) is 0. The van der Waals surface area contributed by atoms with Crippen LogP contribution in [-0.4, -0.2) is 15.0 Å². The molecule has 0 saturated heterocycles. The molecule has 0 aliphatic heterocycles. The van der Waals surface area contributed by atoms with Crippen LogP contribution in [0.4, 0.5) is 0 Å². The molecule has 50 heavy (non-hydrogen) atoms. The molecule has 0 bridgehead atoms. The summed E-state index contributed by atoms with van der Waals surface area (Å²) in [6, 6.07) is 61.8. The molecule has 0 atom stereocenters. The van der Waals surface area contributed by atoms with E-state index in [1.165, 1.54) is 44.5 Å². The van der Waals surface area contributed by atoms with E-state index in [0.717, 1.165) is 34.2 Å². The third kappa shape index (κ3) is 5.69. The molecule has 0 N–H and O–H groups in total. The Morgan fingerprint density at radius 3 is 1.16 bits per heavy atom. The van der Waals surface area contributed by atoms with Gasteiger partial charge in [-0.05, 0) is 68.1 Å². The van der Waals surface area contributed by atoms with E-state index in [1.54, 1.807) is 0 Å². The number of nitrogens with zero attached hydrogens (tertiary/aromatic N) is 3. The van der Waals surface area contributed by atoms with E-state index in [2.05, 4.69) is 115 Å². The number of rotatable bonds is 6. The van der Waals surface area contributed by atoms with Gasteiger partial charge in [0.05, 0.1) is 0 Å². The predicted molar refractivity (Wildman–Crippen MR) is 207 cm³/mol. The van der Waals surface area contributed by atoms with Crippen LogP contribution < -0.4 is 0 Å². The fourth-order valence-corrected chi connectivity index (χ4v) is 7.01. The largest absolute Gasteiger partial charge is 0.208 e. The van der Waals surface area contributed by atoms with Gasteiger partial charge in [-0.1, -0.05) is 177 Å². The van der Waals surface area contributed by atoms with Gasteiger partial charge < -0.3 is 0 Å². The molecule has 1 heterocycles. The normalized spacial score (nSPS) is 11.4. The highest BCUT2D eigenvalue weighted by atomic mass is 15.0. The van der Waals surface area contributed by atoms with Crippen molar-refractivity contribution in [3.8, 4) is 78.7 Å². The molecule has 238 valence electrons. The zero-order valence-electron chi connectivity index (χ0n) is 26.8. The van der Waals surface area contributed by atoms with Gasteiger partial charge in [0.15, 0.2) is 17.5 Å². The van der Waals surface area contributed by atoms with E-state index < -0.39 is 0 Å². The molecule has 0 amide bonds. The first-order chi connectivity index (χ1) is 24.3. The van der Waals surface area contributed by atoms with Crippen molar-refractivity contribution in [1.82, 2.24) is 15.0 Å². The average molecular weight is 642 g/mol. The molecule has 9 rings (SSSR count). The molecule has 0 fully saturated rings. The molecule has 1 aliphatic carbocycles. The number of hydrogen-bond donors (Lipinski definition) is 0. The number of aromatic nitrogens is 3. The Hall–Kier alpha value is -6.45. The molecule has 0 spiro atoms. The fraction of sp³-hybridized carbons (Fsp3) is 0.0426. The van der Waals surface area contributed by atoms with Crippen LogP contribution in [0.25, 0.3) is 78.7 Å². The lowest BCUT2D eigenvalue weighted by atomic mass is 9.94. The lowest BCUT2D eigenvalue weighted by Gasteiger charge is -2.11. The maximum Gasteiger partial charge on any atom is 0.164 e. The summed E-state index contributed by atoms with van der Waals surface area (Å²) in [6.45, 7) is 0. The third-order valence-corrected chi connectivity index (χ3v) is 9.43. The molecular formula is C47H35N3. The third-order valence-electron chi connectivity index (χ3n) is 9.43. The molecule has 3 heteroatoms. The summed E-state index contributed by atoms with van der Waals surface area (Å²) >= 11 is 0. The molecular weight excluding hydrogens is 607 g/mol. The summed E-state index contributed by atoms with van der Waals surface area (Å²) in [4.78, 5) is 14.7. The second-order valence-electron chi connectivity index (χ2n) is 12.4. The molecule has 8 aromatic rings. The molecule has 1 aromatic heterocycles. The van der Waals surface area contributed by atoms with Crippen molar-refractivity contribution < 1.29 is 0 Å². The van der Waals surface area contributed by atoms with Crippen LogP contribution >= 0.6 is 0 Å². The summed E-state index contributed by atoms with van der Waals surface area (Å²) < 4.78 is 0. The maximum atomic E-state index is 4.94. The van der Waals surface area contributed by atoms with E-state index in [-0.39, 0.29) is 7.43 Å². The van der Waals surface area contributed by atoms with E-state index in [9.17, 15) is 0 Å². The Morgan fingerprint density at radius 1 is 0.280 bits per heavy atom. The highest BCUT2D eigenvalue weighted by Crippen LogP contribution is 2.45. The summed E-state index contributed by atoms with van der Waals surface area (Å²) in [6.07, 6.45) is 0.928. The molecule has 0 saturated carbocycles. The minimum Gasteiger partial charge on any atom is -0.208 e. The first kappa shape index (κ1) is 30.9. The van der Waals surface area contributed by atoms with E-state index >= 15 is 0 Å². The Morgan fingerprint density at radius 2 is 0.640 bits per heavy atom. The SMILES string of the molecule is C.c1ccc(-c2nc(-c3ccccc3)nc(-c3cccc(-c4ccc(-c5cccc6c5Cc5c(-c7ccccc7)cccc5-6)cc4)c3)n2)cc1. The minimum atomic E-state index is 0. The predicted octanol–water partition coefficient (Wildman–Crippen LogP) is 12.1. The number of benzene rings is 7. The van der Waals surface area contributed by atoms with Crippen LogP contribution in [0.15, 0.2) is 176 Å². The maximum absolute atomic E-state index is 4.94. The zero-order chi connectivity index (χ0) is 32.6. The summed E-state index contributed by atoms with van der Waals surface area (Å²) in [5.41, 5.74) is 15.7. The first-order valence-electron chi connectivity index (χ1n) is 16.7. The van der Waals surface area contributed by atoms with Crippen molar-refractivity contribution >= 4 is 0 Å². The quantitative estimate of drug-likeness (QED) is 0.181. The number of hydrogen-bond acceptors (Lipinski definition) is 3. The van der Waals surface area contributed by atoms with Crippen LogP contribution in [0.5, 0.6) is 0 Å². The van der Waals surface area contributed by atoms with Gasteiger partial charge in [-0.25, -0.2) is 15.0 Å². The van der Waals surface area contributed by atoms with Gasteiger partial charge in [-0.2, -0.15) is 0 Å². The van der Waals surface area contributed by atoms with Crippen molar-refractivity contribution in [2.75, 3.05) is 0 Å². The molecule has 0 unspecified atom stereocenters. The van der Waals surface area contributed by atoms with Crippen LogP contribution in [0.2, 0.25) is 0 Å². The Balaban J connectivity index is 0.00000361. The Labute approximate surface area is 293 Å². The Kier molecular flexibility index (Phi) is 8.16. The van der Waals surface area contributed by atoms with Gasteiger partial charge in [-0.15, -0.1) is 0 Å².